The van der Waals surface area contributed by atoms with E-state index < -0.39 is 0 Å². The molecule has 0 radical (unpaired) electrons. The van der Waals surface area contributed by atoms with Gasteiger partial charge in [-0.3, -0.25) is 4.79 Å². The van der Waals surface area contributed by atoms with E-state index in [2.05, 4.69) is 27.6 Å². The van der Waals surface area contributed by atoms with Crippen molar-refractivity contribution < 1.29 is 4.79 Å². The predicted molar refractivity (Wildman–Crippen MR) is 113 cm³/mol. The number of anilines is 1. The third-order valence-corrected chi connectivity index (χ3v) is 5.03. The molecular weight excluding hydrogens is 348 g/mol. The number of hydrazone groups is 1. The summed E-state index contributed by atoms with van der Waals surface area (Å²) in [5.41, 5.74) is 6.25. The van der Waals surface area contributed by atoms with Crippen molar-refractivity contribution in [2.24, 2.45) is 5.10 Å². The molecule has 1 saturated heterocycles. The zero-order valence-electron chi connectivity index (χ0n) is 15.8. The van der Waals surface area contributed by atoms with Crippen molar-refractivity contribution in [1.29, 1.82) is 0 Å². The summed E-state index contributed by atoms with van der Waals surface area (Å²) in [6.07, 6.45) is 9.36. The summed E-state index contributed by atoms with van der Waals surface area (Å²) >= 11 is 0. The van der Waals surface area contributed by atoms with Gasteiger partial charge in [0.25, 0.3) is 5.91 Å². The maximum absolute atomic E-state index is 12.6. The molecule has 1 aromatic heterocycles. The second kappa shape index (κ2) is 8.57. The topological polar surface area (TPSA) is 49.6 Å². The Bertz CT molecular complexity index is 939. The highest BCUT2D eigenvalue weighted by Crippen LogP contribution is 2.20. The maximum atomic E-state index is 12.6. The number of hydrogen-bond donors (Lipinski definition) is 1. The summed E-state index contributed by atoms with van der Waals surface area (Å²) in [6.45, 7) is 2.26. The third kappa shape index (κ3) is 4.14. The van der Waals surface area contributed by atoms with Crippen molar-refractivity contribution in [3.05, 3.63) is 84.2 Å². The van der Waals surface area contributed by atoms with Crippen molar-refractivity contribution in [1.82, 2.24) is 9.99 Å². The monoisotopic (exact) mass is 372 g/mol. The molecule has 4 rings (SSSR count). The van der Waals surface area contributed by atoms with Gasteiger partial charge in [-0.2, -0.15) is 5.10 Å². The lowest BCUT2D eigenvalue weighted by Crippen LogP contribution is -2.29. The fourth-order valence-corrected chi connectivity index (χ4v) is 3.53. The number of nitrogens with zero attached hydrogens (tertiary/aromatic N) is 3. The number of carbonyl (C=O) groups is 1. The van der Waals surface area contributed by atoms with Crippen molar-refractivity contribution in [3.8, 4) is 5.69 Å². The molecule has 1 amide bonds. The first-order valence-electron chi connectivity index (χ1n) is 9.72. The Balaban J connectivity index is 1.41. The van der Waals surface area contributed by atoms with Crippen LogP contribution < -0.4 is 10.3 Å². The van der Waals surface area contributed by atoms with Crippen molar-refractivity contribution in [2.45, 2.75) is 19.3 Å². The molecule has 0 saturated carbocycles. The minimum atomic E-state index is -0.231. The minimum absolute atomic E-state index is 0.231. The Kier molecular flexibility index (Phi) is 5.52. The van der Waals surface area contributed by atoms with Gasteiger partial charge in [0.1, 0.15) is 0 Å². The first kappa shape index (κ1) is 18.0. The van der Waals surface area contributed by atoms with Gasteiger partial charge in [-0.05, 0) is 61.2 Å². The Morgan fingerprint density at radius 3 is 2.36 bits per heavy atom. The average molecular weight is 372 g/mol. The number of hydrogen-bond acceptors (Lipinski definition) is 3. The Hall–Kier alpha value is -3.34. The van der Waals surface area contributed by atoms with Crippen molar-refractivity contribution >= 4 is 17.8 Å². The molecule has 2 heterocycles. The number of piperidine rings is 1. The third-order valence-electron chi connectivity index (χ3n) is 5.03. The quantitative estimate of drug-likeness (QED) is 0.538. The molecule has 28 heavy (non-hydrogen) atoms. The van der Waals surface area contributed by atoms with Crippen LogP contribution in [-0.2, 0) is 0 Å². The number of carbonyl (C=O) groups excluding carboxylic acids is 1. The maximum Gasteiger partial charge on any atom is 0.273 e. The number of nitrogens with one attached hydrogen (secondary N) is 1. The fraction of sp³-hybridized carbons (Fsp3) is 0.217. The number of amides is 1. The summed E-state index contributed by atoms with van der Waals surface area (Å²) in [5, 5.41) is 4.14. The molecule has 2 aromatic carbocycles. The first-order chi connectivity index (χ1) is 13.8. The number of rotatable bonds is 5. The minimum Gasteiger partial charge on any atom is -0.372 e. The van der Waals surface area contributed by atoms with E-state index in [1.54, 1.807) is 12.3 Å². The molecule has 5 heteroatoms. The smallest absolute Gasteiger partial charge is 0.273 e. The van der Waals surface area contributed by atoms with Crippen molar-refractivity contribution in [2.75, 3.05) is 18.0 Å². The Labute approximate surface area is 165 Å². The molecular formula is C23H24N4O. The molecule has 1 aliphatic rings. The van der Waals surface area contributed by atoms with Crippen LogP contribution >= 0.6 is 0 Å². The highest BCUT2D eigenvalue weighted by molar-refractivity contribution is 5.98. The second-order valence-corrected chi connectivity index (χ2v) is 6.95. The lowest BCUT2D eigenvalue weighted by molar-refractivity contribution is 0.0955. The summed E-state index contributed by atoms with van der Waals surface area (Å²) in [5.74, 6) is -0.231. The van der Waals surface area contributed by atoms with E-state index in [-0.39, 0.29) is 5.91 Å². The molecule has 0 spiro atoms. The van der Waals surface area contributed by atoms with Gasteiger partial charge < -0.3 is 9.47 Å². The largest absolute Gasteiger partial charge is 0.372 e. The molecule has 0 bridgehead atoms. The normalized spacial score (nSPS) is 14.4. The van der Waals surface area contributed by atoms with Gasteiger partial charge in [-0.25, -0.2) is 5.43 Å². The lowest BCUT2D eigenvalue weighted by Gasteiger charge is -2.28. The van der Waals surface area contributed by atoms with E-state index >= 15 is 0 Å². The highest BCUT2D eigenvalue weighted by Gasteiger charge is 2.11. The van der Waals surface area contributed by atoms with Crippen LogP contribution in [0.2, 0.25) is 0 Å². The molecule has 142 valence electrons. The molecule has 0 aliphatic carbocycles. The summed E-state index contributed by atoms with van der Waals surface area (Å²) < 4.78 is 1.91. The van der Waals surface area contributed by atoms with Crippen LogP contribution in [0.1, 0.15) is 35.2 Å². The van der Waals surface area contributed by atoms with E-state index in [0.717, 1.165) is 24.3 Å². The SMILES string of the molecule is O=C(N/N=C/c1ccc(N2CCCCC2)cc1)c1ccccc1-n1cccc1. The second-order valence-electron chi connectivity index (χ2n) is 6.95. The Morgan fingerprint density at radius 1 is 0.893 bits per heavy atom. The van der Waals surface area contributed by atoms with Crippen LogP contribution in [0.3, 0.4) is 0 Å². The highest BCUT2D eigenvalue weighted by atomic mass is 16.2. The van der Waals surface area contributed by atoms with Crippen LogP contribution in [0.15, 0.2) is 78.2 Å². The number of aromatic nitrogens is 1. The molecule has 1 aliphatic heterocycles. The van der Waals surface area contributed by atoms with E-state index in [1.807, 2.05) is 59.4 Å². The summed E-state index contributed by atoms with van der Waals surface area (Å²) in [4.78, 5) is 15.0. The van der Waals surface area contributed by atoms with Gasteiger partial charge in [-0.1, -0.05) is 24.3 Å². The zero-order chi connectivity index (χ0) is 19.2. The number of para-hydroxylation sites is 1. The summed E-state index contributed by atoms with van der Waals surface area (Å²) in [6, 6.07) is 19.7. The number of benzene rings is 2. The zero-order valence-corrected chi connectivity index (χ0v) is 15.8. The van der Waals surface area contributed by atoms with Crippen molar-refractivity contribution in [3.63, 3.8) is 0 Å². The first-order valence-corrected chi connectivity index (χ1v) is 9.72. The molecule has 0 unspecified atom stereocenters. The van der Waals surface area contributed by atoms with E-state index in [1.165, 1.54) is 24.9 Å². The van der Waals surface area contributed by atoms with Gasteiger partial charge in [-0.15, -0.1) is 0 Å². The standard InChI is InChI=1S/C23H24N4O/c28-23(21-8-2-3-9-22(21)27-16-6-7-17-27)25-24-18-19-10-12-20(13-11-19)26-14-4-1-5-15-26/h2-3,6-13,16-18H,1,4-5,14-15H2,(H,25,28)/b24-18+. The fourth-order valence-electron chi connectivity index (χ4n) is 3.53. The molecule has 3 aromatic rings. The van der Waals surface area contributed by atoms with Crippen LogP contribution in [0.4, 0.5) is 5.69 Å². The Morgan fingerprint density at radius 2 is 1.61 bits per heavy atom. The van der Waals surface area contributed by atoms with Crippen LogP contribution in [0.5, 0.6) is 0 Å². The molecule has 1 N–H and O–H groups in total. The van der Waals surface area contributed by atoms with Crippen LogP contribution in [0.25, 0.3) is 5.69 Å². The van der Waals surface area contributed by atoms with Gasteiger partial charge in [0, 0.05) is 31.2 Å². The molecule has 5 nitrogen and oxygen atoms in total. The summed E-state index contributed by atoms with van der Waals surface area (Å²) in [7, 11) is 0. The van der Waals surface area contributed by atoms with E-state index in [9.17, 15) is 4.79 Å². The van der Waals surface area contributed by atoms with Gasteiger partial charge in [0.2, 0.25) is 0 Å². The van der Waals surface area contributed by atoms with Crippen LogP contribution in [0, 0.1) is 0 Å². The van der Waals surface area contributed by atoms with E-state index in [4.69, 9.17) is 0 Å². The van der Waals surface area contributed by atoms with Crippen LogP contribution in [-0.4, -0.2) is 29.8 Å². The van der Waals surface area contributed by atoms with Gasteiger partial charge in [0.15, 0.2) is 0 Å². The molecule has 0 atom stereocenters. The van der Waals surface area contributed by atoms with E-state index in [0.29, 0.717) is 5.56 Å². The lowest BCUT2D eigenvalue weighted by atomic mass is 10.1. The predicted octanol–water partition coefficient (Wildman–Crippen LogP) is 4.23. The van der Waals surface area contributed by atoms with Gasteiger partial charge in [0.05, 0.1) is 17.5 Å². The van der Waals surface area contributed by atoms with Gasteiger partial charge >= 0.3 is 0 Å². The average Bonchev–Trinajstić information content (AvgIpc) is 3.30. The molecule has 1 fully saturated rings.